The summed E-state index contributed by atoms with van der Waals surface area (Å²) in [5.41, 5.74) is 9.19. The molecule has 1 aromatic carbocycles. The van der Waals surface area contributed by atoms with Crippen molar-refractivity contribution in [2.45, 2.75) is 39.4 Å². The standard InChI is InChI=1S/C16H19N3OS/c1-10-15(21-11(2)18-10)9-19-8-13-6-4-3-5-12(13)7-14(19)16(17)20/h3-6,14H,7-9H2,1-2H3,(H2,17,20). The van der Waals surface area contributed by atoms with Gasteiger partial charge in [0.15, 0.2) is 0 Å². The number of carbonyl (C=O) groups is 1. The molecule has 1 aliphatic heterocycles. The molecule has 1 amide bonds. The van der Waals surface area contributed by atoms with E-state index in [2.05, 4.69) is 22.0 Å². The second-order valence-corrected chi connectivity index (χ2v) is 6.83. The fourth-order valence-corrected chi connectivity index (χ4v) is 3.89. The van der Waals surface area contributed by atoms with E-state index in [1.807, 2.05) is 26.0 Å². The Morgan fingerprint density at radius 3 is 2.71 bits per heavy atom. The predicted octanol–water partition coefficient (Wildman–Crippen LogP) is 2.17. The highest BCUT2D eigenvalue weighted by molar-refractivity contribution is 7.11. The van der Waals surface area contributed by atoms with E-state index in [4.69, 9.17) is 5.73 Å². The third-order valence-electron chi connectivity index (χ3n) is 4.02. The summed E-state index contributed by atoms with van der Waals surface area (Å²) >= 11 is 1.70. The Kier molecular flexibility index (Phi) is 3.78. The Hall–Kier alpha value is -1.72. The van der Waals surface area contributed by atoms with Gasteiger partial charge >= 0.3 is 0 Å². The highest BCUT2D eigenvalue weighted by atomic mass is 32.1. The Balaban J connectivity index is 1.89. The molecule has 0 aliphatic carbocycles. The molecule has 0 bridgehead atoms. The quantitative estimate of drug-likeness (QED) is 0.945. The highest BCUT2D eigenvalue weighted by Crippen LogP contribution is 2.27. The smallest absolute Gasteiger partial charge is 0.235 e. The van der Waals surface area contributed by atoms with Gasteiger partial charge in [0.2, 0.25) is 5.91 Å². The van der Waals surface area contributed by atoms with Gasteiger partial charge in [-0.1, -0.05) is 24.3 Å². The van der Waals surface area contributed by atoms with Crippen LogP contribution in [0.3, 0.4) is 0 Å². The Morgan fingerprint density at radius 2 is 2.10 bits per heavy atom. The van der Waals surface area contributed by atoms with E-state index in [0.29, 0.717) is 6.42 Å². The molecule has 0 saturated carbocycles. The molecule has 0 spiro atoms. The average Bonchev–Trinajstić information content (AvgIpc) is 2.76. The summed E-state index contributed by atoms with van der Waals surface area (Å²) < 4.78 is 0. The summed E-state index contributed by atoms with van der Waals surface area (Å²) in [7, 11) is 0. The molecule has 5 heteroatoms. The minimum Gasteiger partial charge on any atom is -0.368 e. The first-order chi connectivity index (χ1) is 10.0. The van der Waals surface area contributed by atoms with Crippen LogP contribution >= 0.6 is 11.3 Å². The number of nitrogens with zero attached hydrogens (tertiary/aromatic N) is 2. The molecule has 2 heterocycles. The number of aryl methyl sites for hydroxylation is 2. The fraction of sp³-hybridized carbons (Fsp3) is 0.375. The number of primary amides is 1. The van der Waals surface area contributed by atoms with Crippen molar-refractivity contribution in [1.82, 2.24) is 9.88 Å². The van der Waals surface area contributed by atoms with Crippen molar-refractivity contribution in [3.63, 3.8) is 0 Å². The highest BCUT2D eigenvalue weighted by Gasteiger charge is 2.30. The van der Waals surface area contributed by atoms with Crippen molar-refractivity contribution < 1.29 is 4.79 Å². The third kappa shape index (κ3) is 2.84. The van der Waals surface area contributed by atoms with E-state index in [1.165, 1.54) is 16.0 Å². The van der Waals surface area contributed by atoms with Gasteiger partial charge in [0.25, 0.3) is 0 Å². The molecule has 2 aromatic rings. The second-order valence-electron chi connectivity index (χ2n) is 5.54. The first-order valence-electron chi connectivity index (χ1n) is 7.07. The molecule has 4 nitrogen and oxygen atoms in total. The number of hydrogen-bond acceptors (Lipinski definition) is 4. The maximum Gasteiger partial charge on any atom is 0.235 e. The Morgan fingerprint density at radius 1 is 1.38 bits per heavy atom. The number of amides is 1. The van der Waals surface area contributed by atoms with Crippen molar-refractivity contribution in [2.75, 3.05) is 0 Å². The molecule has 1 aromatic heterocycles. The van der Waals surface area contributed by atoms with Crippen molar-refractivity contribution in [2.24, 2.45) is 5.73 Å². The maximum atomic E-state index is 11.8. The monoisotopic (exact) mass is 301 g/mol. The zero-order valence-electron chi connectivity index (χ0n) is 12.3. The van der Waals surface area contributed by atoms with Crippen LogP contribution in [0.2, 0.25) is 0 Å². The summed E-state index contributed by atoms with van der Waals surface area (Å²) in [5, 5.41) is 1.07. The molecule has 1 atom stereocenters. The normalized spacial score (nSPS) is 18.5. The predicted molar refractivity (Wildman–Crippen MR) is 84.0 cm³/mol. The summed E-state index contributed by atoms with van der Waals surface area (Å²) in [4.78, 5) is 19.7. The summed E-state index contributed by atoms with van der Waals surface area (Å²) in [6.07, 6.45) is 0.697. The van der Waals surface area contributed by atoms with Gasteiger partial charge in [-0.15, -0.1) is 11.3 Å². The van der Waals surface area contributed by atoms with E-state index < -0.39 is 0 Å². The Bertz CT molecular complexity index is 680. The zero-order chi connectivity index (χ0) is 15.0. The molecule has 0 saturated heterocycles. The summed E-state index contributed by atoms with van der Waals surface area (Å²) in [5.74, 6) is -0.247. The molecule has 110 valence electrons. The van der Waals surface area contributed by atoms with E-state index in [1.54, 1.807) is 11.3 Å². The Labute approximate surface area is 128 Å². The lowest BCUT2D eigenvalue weighted by Gasteiger charge is -2.34. The minimum atomic E-state index is -0.247. The fourth-order valence-electron chi connectivity index (χ4n) is 2.93. The molecule has 2 N–H and O–H groups in total. The largest absolute Gasteiger partial charge is 0.368 e. The number of rotatable bonds is 3. The first-order valence-corrected chi connectivity index (χ1v) is 7.89. The van der Waals surface area contributed by atoms with E-state index >= 15 is 0 Å². The van der Waals surface area contributed by atoms with Crippen molar-refractivity contribution >= 4 is 17.2 Å². The van der Waals surface area contributed by atoms with Crippen LogP contribution in [-0.4, -0.2) is 21.8 Å². The number of aromatic nitrogens is 1. The van der Waals surface area contributed by atoms with Gasteiger partial charge in [0.05, 0.1) is 16.7 Å². The van der Waals surface area contributed by atoms with Gasteiger partial charge in [-0.25, -0.2) is 4.98 Å². The lowest BCUT2D eigenvalue weighted by Crippen LogP contribution is -2.48. The third-order valence-corrected chi connectivity index (χ3v) is 5.08. The molecule has 0 radical (unpaired) electrons. The van der Waals surface area contributed by atoms with Crippen LogP contribution in [0.1, 0.15) is 26.7 Å². The van der Waals surface area contributed by atoms with Gasteiger partial charge in [-0.2, -0.15) is 0 Å². The number of fused-ring (bicyclic) bond motifs is 1. The van der Waals surface area contributed by atoms with E-state index in [-0.39, 0.29) is 11.9 Å². The van der Waals surface area contributed by atoms with Gasteiger partial charge in [0, 0.05) is 18.0 Å². The van der Waals surface area contributed by atoms with Gasteiger partial charge < -0.3 is 5.73 Å². The number of nitrogens with two attached hydrogens (primary N) is 1. The van der Waals surface area contributed by atoms with Crippen LogP contribution in [0, 0.1) is 13.8 Å². The van der Waals surface area contributed by atoms with Crippen LogP contribution < -0.4 is 5.73 Å². The average molecular weight is 301 g/mol. The summed E-state index contributed by atoms with van der Waals surface area (Å²) in [6, 6.07) is 8.05. The molecule has 3 rings (SSSR count). The van der Waals surface area contributed by atoms with Crippen LogP contribution in [0.4, 0.5) is 0 Å². The van der Waals surface area contributed by atoms with Crippen molar-refractivity contribution in [3.8, 4) is 0 Å². The molecule has 0 fully saturated rings. The number of benzene rings is 1. The lowest BCUT2D eigenvalue weighted by molar-refractivity contribution is -0.124. The maximum absolute atomic E-state index is 11.8. The van der Waals surface area contributed by atoms with Gasteiger partial charge in [-0.3, -0.25) is 9.69 Å². The van der Waals surface area contributed by atoms with Crippen LogP contribution in [0.25, 0.3) is 0 Å². The molecule has 21 heavy (non-hydrogen) atoms. The molecule has 1 unspecified atom stereocenters. The first kappa shape index (κ1) is 14.2. The number of hydrogen-bond donors (Lipinski definition) is 1. The van der Waals surface area contributed by atoms with Crippen LogP contribution in [0.15, 0.2) is 24.3 Å². The molecular formula is C16H19N3OS. The van der Waals surface area contributed by atoms with Crippen LogP contribution in [0.5, 0.6) is 0 Å². The van der Waals surface area contributed by atoms with Crippen molar-refractivity contribution in [1.29, 1.82) is 0 Å². The zero-order valence-corrected chi connectivity index (χ0v) is 13.1. The molecular weight excluding hydrogens is 282 g/mol. The van der Waals surface area contributed by atoms with Crippen LogP contribution in [-0.2, 0) is 24.3 Å². The topological polar surface area (TPSA) is 59.2 Å². The van der Waals surface area contributed by atoms with Crippen molar-refractivity contribution in [3.05, 3.63) is 51.0 Å². The van der Waals surface area contributed by atoms with E-state index in [9.17, 15) is 4.79 Å². The second kappa shape index (κ2) is 5.58. The van der Waals surface area contributed by atoms with Gasteiger partial charge in [-0.05, 0) is 31.4 Å². The number of carbonyl (C=O) groups excluding carboxylic acids is 1. The SMILES string of the molecule is Cc1nc(C)c(CN2Cc3ccccc3CC2C(N)=O)s1. The minimum absolute atomic E-state index is 0.235. The molecule has 1 aliphatic rings. The van der Waals surface area contributed by atoms with Gasteiger partial charge in [0.1, 0.15) is 0 Å². The number of thiazole rings is 1. The van der Waals surface area contributed by atoms with E-state index in [0.717, 1.165) is 23.8 Å². The lowest BCUT2D eigenvalue weighted by atomic mass is 9.93. The summed E-state index contributed by atoms with van der Waals surface area (Å²) in [6.45, 7) is 5.54.